The van der Waals surface area contributed by atoms with E-state index in [9.17, 15) is 9.90 Å². The summed E-state index contributed by atoms with van der Waals surface area (Å²) < 4.78 is 16.7. The summed E-state index contributed by atoms with van der Waals surface area (Å²) in [5, 5.41) is 10.7. The molecule has 1 aromatic carbocycles. The summed E-state index contributed by atoms with van der Waals surface area (Å²) in [5.74, 6) is -0.483. The molecule has 1 aromatic heterocycles. The number of hydrogen-bond donors (Lipinski definition) is 2. The highest BCUT2D eigenvalue weighted by molar-refractivity contribution is 6.32. The van der Waals surface area contributed by atoms with Gasteiger partial charge in [0, 0.05) is 23.1 Å². The van der Waals surface area contributed by atoms with Crippen LogP contribution in [0.25, 0.3) is 11.0 Å². The molecule has 0 radical (unpaired) electrons. The molecule has 0 saturated carbocycles. The molecule has 0 aliphatic carbocycles. The molecule has 2 aromatic rings. The Labute approximate surface area is 143 Å². The Bertz CT molecular complexity index is 818. The Hall–Kier alpha value is -1.60. The monoisotopic (exact) mass is 352 g/mol. The maximum absolute atomic E-state index is 11.8. The highest BCUT2D eigenvalue weighted by Crippen LogP contribution is 2.30. The van der Waals surface area contributed by atoms with Crippen LogP contribution in [0.2, 0.25) is 5.02 Å². The van der Waals surface area contributed by atoms with Crippen molar-refractivity contribution in [1.29, 1.82) is 0 Å². The van der Waals surface area contributed by atoms with Crippen LogP contribution in [0, 0.1) is 0 Å². The van der Waals surface area contributed by atoms with Gasteiger partial charge in [0.1, 0.15) is 17.9 Å². The van der Waals surface area contributed by atoms with Crippen LogP contribution in [0.15, 0.2) is 27.4 Å². The van der Waals surface area contributed by atoms with Crippen LogP contribution in [-0.4, -0.2) is 37.2 Å². The summed E-state index contributed by atoms with van der Waals surface area (Å²) in [6, 6.07) is 4.55. The number of ether oxygens (including phenoxy) is 2. The number of likely N-dealkylation sites (tertiary alicyclic amines) is 1. The van der Waals surface area contributed by atoms with Crippen molar-refractivity contribution in [3.8, 4) is 5.75 Å². The summed E-state index contributed by atoms with van der Waals surface area (Å²) >= 11 is 6.01. The first-order valence-electron chi connectivity index (χ1n) is 8.11. The second-order valence-corrected chi connectivity index (χ2v) is 6.83. The van der Waals surface area contributed by atoms with Gasteiger partial charge < -0.3 is 23.9 Å². The molecule has 0 bridgehead atoms. The van der Waals surface area contributed by atoms with Gasteiger partial charge in [0.05, 0.1) is 44.2 Å². The van der Waals surface area contributed by atoms with Gasteiger partial charge in [-0.25, -0.2) is 4.79 Å². The molecule has 2 N–H and O–H groups in total. The number of phenolic OH excluding ortho intramolecular Hbond substituents is 1. The number of fused-ring (bicyclic) bond motifs is 1. The molecule has 6 nitrogen and oxygen atoms in total. The normalized spacial score (nSPS) is 20.9. The van der Waals surface area contributed by atoms with E-state index in [1.165, 1.54) is 17.0 Å². The molecule has 2 saturated heterocycles. The summed E-state index contributed by atoms with van der Waals surface area (Å²) in [6.45, 7) is 3.85. The van der Waals surface area contributed by atoms with Gasteiger partial charge in [-0.2, -0.15) is 0 Å². The summed E-state index contributed by atoms with van der Waals surface area (Å²) in [7, 11) is 0. The van der Waals surface area contributed by atoms with E-state index in [-0.39, 0.29) is 10.8 Å². The van der Waals surface area contributed by atoms with Crippen LogP contribution in [0.3, 0.4) is 0 Å². The van der Waals surface area contributed by atoms with Crippen molar-refractivity contribution in [1.82, 2.24) is 0 Å². The molecule has 128 valence electrons. The lowest BCUT2D eigenvalue weighted by Gasteiger charge is -2.35. The molecule has 0 unspecified atom stereocenters. The van der Waals surface area contributed by atoms with Crippen molar-refractivity contribution >= 4 is 22.6 Å². The Balaban J connectivity index is 1.58. The van der Waals surface area contributed by atoms with Gasteiger partial charge in [0.2, 0.25) is 0 Å². The Morgan fingerprint density at radius 2 is 1.88 bits per heavy atom. The number of quaternary nitrogens is 1. The fourth-order valence-electron chi connectivity index (χ4n) is 3.60. The molecule has 0 atom stereocenters. The molecule has 2 aliphatic rings. The average Bonchev–Trinajstić information content (AvgIpc) is 3.00. The third kappa shape index (κ3) is 2.91. The minimum atomic E-state index is -0.422. The largest absolute Gasteiger partial charge is 0.506 e. The molecule has 4 rings (SSSR count). The van der Waals surface area contributed by atoms with Crippen LogP contribution in [0.4, 0.5) is 0 Å². The number of rotatable bonds is 2. The molecule has 2 aliphatic heterocycles. The zero-order valence-electron chi connectivity index (χ0n) is 13.1. The van der Waals surface area contributed by atoms with Gasteiger partial charge in [-0.1, -0.05) is 11.6 Å². The molecule has 0 amide bonds. The lowest BCUT2D eigenvalue weighted by atomic mass is 10.0. The number of phenols is 1. The van der Waals surface area contributed by atoms with Crippen LogP contribution < -0.4 is 10.5 Å². The van der Waals surface area contributed by atoms with Crippen LogP contribution in [-0.2, 0) is 16.0 Å². The Morgan fingerprint density at radius 3 is 2.58 bits per heavy atom. The fraction of sp³-hybridized carbons (Fsp3) is 0.471. The first-order valence-corrected chi connectivity index (χ1v) is 8.49. The summed E-state index contributed by atoms with van der Waals surface area (Å²) in [6.07, 6.45) is 1.70. The standard InChI is InChI=1S/C17H18ClNO5/c18-13-8-12-11(7-16(21)24-15(12)9-14(13)20)10-19-3-1-17(2-4-19)22-5-6-23-17/h7-9,20H,1-6,10H2/p+1. The predicted molar refractivity (Wildman–Crippen MR) is 87.4 cm³/mol. The first-order chi connectivity index (χ1) is 11.5. The van der Waals surface area contributed by atoms with Gasteiger partial charge in [0.25, 0.3) is 0 Å². The highest BCUT2D eigenvalue weighted by atomic mass is 35.5. The van der Waals surface area contributed by atoms with E-state index in [2.05, 4.69) is 0 Å². The zero-order valence-corrected chi connectivity index (χ0v) is 13.9. The Kier molecular flexibility index (Phi) is 4.00. The number of halogens is 1. The maximum Gasteiger partial charge on any atom is 0.336 e. The number of benzene rings is 1. The van der Waals surface area contributed by atoms with Crippen molar-refractivity contribution in [3.05, 3.63) is 39.2 Å². The van der Waals surface area contributed by atoms with Gasteiger partial charge >= 0.3 is 5.63 Å². The van der Waals surface area contributed by atoms with Gasteiger partial charge in [-0.3, -0.25) is 0 Å². The second kappa shape index (κ2) is 6.04. The lowest BCUT2D eigenvalue weighted by molar-refractivity contribution is -0.922. The van der Waals surface area contributed by atoms with Crippen molar-refractivity contribution in [2.75, 3.05) is 26.3 Å². The predicted octanol–water partition coefficient (Wildman–Crippen LogP) is 1.07. The van der Waals surface area contributed by atoms with E-state index in [0.29, 0.717) is 25.3 Å². The van der Waals surface area contributed by atoms with Crippen LogP contribution in [0.5, 0.6) is 5.75 Å². The second-order valence-electron chi connectivity index (χ2n) is 6.42. The van der Waals surface area contributed by atoms with Crippen molar-refractivity contribution in [2.24, 2.45) is 0 Å². The van der Waals surface area contributed by atoms with Crippen molar-refractivity contribution in [3.63, 3.8) is 0 Å². The number of nitrogens with one attached hydrogen (secondary N) is 1. The third-order valence-electron chi connectivity index (χ3n) is 4.87. The van der Waals surface area contributed by atoms with E-state index >= 15 is 0 Å². The molecular formula is C17H19ClNO5+. The first kappa shape index (κ1) is 15.9. The number of hydrogen-bond acceptors (Lipinski definition) is 5. The van der Waals surface area contributed by atoms with Gasteiger partial charge in [-0.15, -0.1) is 0 Å². The molecule has 1 spiro atoms. The molecule has 2 fully saturated rings. The molecular weight excluding hydrogens is 334 g/mol. The van der Waals surface area contributed by atoms with E-state index < -0.39 is 11.4 Å². The van der Waals surface area contributed by atoms with Crippen LogP contribution in [0.1, 0.15) is 18.4 Å². The zero-order chi connectivity index (χ0) is 16.7. The van der Waals surface area contributed by atoms with E-state index in [0.717, 1.165) is 36.9 Å². The van der Waals surface area contributed by atoms with E-state index in [1.807, 2.05) is 0 Å². The fourth-order valence-corrected chi connectivity index (χ4v) is 3.76. The molecule has 7 heteroatoms. The van der Waals surface area contributed by atoms with Gasteiger partial charge in [0.15, 0.2) is 5.79 Å². The maximum atomic E-state index is 11.8. The molecule has 3 heterocycles. The van der Waals surface area contributed by atoms with Crippen LogP contribution >= 0.6 is 11.6 Å². The number of aromatic hydroxyl groups is 1. The summed E-state index contributed by atoms with van der Waals surface area (Å²) in [5.41, 5.74) is 0.812. The average molecular weight is 353 g/mol. The Morgan fingerprint density at radius 1 is 1.17 bits per heavy atom. The third-order valence-corrected chi connectivity index (χ3v) is 5.17. The van der Waals surface area contributed by atoms with E-state index in [4.69, 9.17) is 25.5 Å². The van der Waals surface area contributed by atoms with E-state index in [1.54, 1.807) is 6.07 Å². The lowest BCUT2D eigenvalue weighted by Crippen LogP contribution is -3.12. The van der Waals surface area contributed by atoms with Crippen molar-refractivity contribution in [2.45, 2.75) is 25.2 Å². The summed E-state index contributed by atoms with van der Waals surface area (Å²) in [4.78, 5) is 13.2. The minimum absolute atomic E-state index is 0.0905. The topological polar surface area (TPSA) is 73.3 Å². The smallest absolute Gasteiger partial charge is 0.336 e. The minimum Gasteiger partial charge on any atom is -0.506 e. The quantitative estimate of drug-likeness (QED) is 0.791. The van der Waals surface area contributed by atoms with Crippen molar-refractivity contribution < 1.29 is 23.9 Å². The number of piperidine rings is 1. The van der Waals surface area contributed by atoms with Gasteiger partial charge in [-0.05, 0) is 6.07 Å². The SMILES string of the molecule is O=c1cc(C[NH+]2CCC3(CC2)OCCO3)c2cc(Cl)c(O)cc2o1. The highest BCUT2D eigenvalue weighted by Gasteiger charge is 2.41. The molecule has 24 heavy (non-hydrogen) atoms.